The lowest BCUT2D eigenvalue weighted by atomic mass is 10.4. The third-order valence-corrected chi connectivity index (χ3v) is 1.11. The van der Waals surface area contributed by atoms with E-state index in [9.17, 15) is 4.79 Å². The third-order valence-electron chi connectivity index (χ3n) is 1.11. The van der Waals surface area contributed by atoms with E-state index in [1.807, 2.05) is 0 Å². The molecule has 1 heterocycles. The van der Waals surface area contributed by atoms with Crippen LogP contribution < -0.4 is 5.73 Å². The van der Waals surface area contributed by atoms with E-state index in [-0.39, 0.29) is 0 Å². The summed E-state index contributed by atoms with van der Waals surface area (Å²) in [4.78, 5) is 9.60. The number of halogens is 4. The number of carbonyl (C=O) groups excluding carboxylic acids is 1. The van der Waals surface area contributed by atoms with Crippen molar-refractivity contribution >= 4 is 52.5 Å². The lowest BCUT2D eigenvalue weighted by molar-refractivity contribution is 0.163. The first kappa shape index (κ1) is 18.7. The maximum Gasteiger partial charge on any atom is 0.404 e. The number of amides is 1. The highest BCUT2D eigenvalue weighted by molar-refractivity contribution is 6.83. The Balaban J connectivity index is 0. The molecular formula is C8H15Cl4NO3. The van der Waals surface area contributed by atoms with Crippen molar-refractivity contribution in [1.82, 2.24) is 0 Å². The molecule has 1 saturated heterocycles. The van der Waals surface area contributed by atoms with E-state index in [4.69, 9.17) is 51.1 Å². The third kappa shape index (κ3) is 36.7. The minimum atomic E-state index is -1.61. The topological polar surface area (TPSA) is 61.6 Å². The van der Waals surface area contributed by atoms with Crippen LogP contribution in [0.4, 0.5) is 4.79 Å². The zero-order chi connectivity index (χ0) is 13.0. The first-order chi connectivity index (χ1) is 7.27. The van der Waals surface area contributed by atoms with Crippen LogP contribution in [-0.2, 0) is 9.47 Å². The summed E-state index contributed by atoms with van der Waals surface area (Å²) >= 11 is 19.3. The lowest BCUT2D eigenvalue weighted by Gasteiger charge is -1.91. The van der Waals surface area contributed by atoms with E-state index >= 15 is 0 Å². The van der Waals surface area contributed by atoms with Gasteiger partial charge in [0, 0.05) is 13.2 Å². The fraction of sp³-hybridized carbons (Fsp3) is 0.875. The molecule has 1 amide bonds. The molecule has 0 spiro atoms. The molecule has 0 saturated carbocycles. The van der Waals surface area contributed by atoms with Crippen molar-refractivity contribution in [3.63, 3.8) is 0 Å². The van der Waals surface area contributed by atoms with Crippen LogP contribution in [0.5, 0.6) is 0 Å². The summed E-state index contributed by atoms with van der Waals surface area (Å²) in [6.45, 7) is 4.06. The number of nitrogens with two attached hydrogens (primary N) is 1. The number of rotatable bonds is 1. The van der Waals surface area contributed by atoms with E-state index in [1.54, 1.807) is 6.92 Å². The maximum absolute atomic E-state index is 9.60. The van der Waals surface area contributed by atoms with Crippen LogP contribution >= 0.6 is 46.4 Å². The van der Waals surface area contributed by atoms with Crippen molar-refractivity contribution < 1.29 is 14.3 Å². The first-order valence-electron chi connectivity index (χ1n) is 4.53. The van der Waals surface area contributed by atoms with Crippen LogP contribution in [0.3, 0.4) is 0 Å². The van der Waals surface area contributed by atoms with Crippen molar-refractivity contribution in [3.05, 3.63) is 0 Å². The number of ether oxygens (including phenoxy) is 2. The smallest absolute Gasteiger partial charge is 0.404 e. The van der Waals surface area contributed by atoms with Crippen LogP contribution in [-0.4, -0.2) is 29.2 Å². The highest BCUT2D eigenvalue weighted by atomic mass is 35.6. The van der Waals surface area contributed by atoms with Crippen molar-refractivity contribution in [2.45, 2.75) is 23.0 Å². The monoisotopic (exact) mass is 313 g/mol. The van der Waals surface area contributed by atoms with Crippen molar-refractivity contribution in [1.29, 1.82) is 0 Å². The second kappa shape index (κ2) is 11.9. The van der Waals surface area contributed by atoms with Gasteiger partial charge in [0.05, 0.1) is 6.61 Å². The number of carbonyl (C=O) groups is 1. The number of primary amides is 1. The van der Waals surface area contributed by atoms with Gasteiger partial charge in [0.2, 0.25) is 0 Å². The molecule has 16 heavy (non-hydrogen) atoms. The average Bonchev–Trinajstić information content (AvgIpc) is 2.55. The van der Waals surface area contributed by atoms with Crippen LogP contribution in [0, 0.1) is 0 Å². The molecule has 0 unspecified atom stereocenters. The van der Waals surface area contributed by atoms with Gasteiger partial charge in [0.25, 0.3) is 3.25 Å². The summed E-state index contributed by atoms with van der Waals surface area (Å²) in [7, 11) is 0. The first-order valence-corrected chi connectivity index (χ1v) is 6.04. The number of hydrogen-bond acceptors (Lipinski definition) is 3. The molecule has 0 bridgehead atoms. The van der Waals surface area contributed by atoms with Gasteiger partial charge in [-0.15, -0.1) is 0 Å². The van der Waals surface area contributed by atoms with Crippen molar-refractivity contribution in [3.8, 4) is 0 Å². The van der Waals surface area contributed by atoms with Crippen molar-refractivity contribution in [2.24, 2.45) is 5.73 Å². The van der Waals surface area contributed by atoms with Gasteiger partial charge >= 0.3 is 6.09 Å². The normalized spacial score (nSPS) is 14.1. The van der Waals surface area contributed by atoms with E-state index in [1.165, 1.54) is 12.8 Å². The van der Waals surface area contributed by atoms with Crippen LogP contribution in [0.1, 0.15) is 19.8 Å². The molecule has 4 nitrogen and oxygen atoms in total. The molecule has 0 aromatic rings. The number of hydrogen-bond donors (Lipinski definition) is 1. The zero-order valence-electron chi connectivity index (χ0n) is 8.85. The SMILES string of the molecule is C1CCOC1.CCOC(N)=O.ClC(Cl)(Cl)Cl. The lowest BCUT2D eigenvalue weighted by Crippen LogP contribution is -2.11. The molecule has 98 valence electrons. The number of alkyl halides is 4. The molecule has 1 rings (SSSR count). The predicted octanol–water partition coefficient (Wildman–Crippen LogP) is 3.45. The van der Waals surface area contributed by atoms with Gasteiger partial charge in [-0.25, -0.2) is 4.79 Å². The Hall–Kier alpha value is 0.390. The summed E-state index contributed by atoms with van der Waals surface area (Å²) in [6.07, 6.45) is 1.84. The Kier molecular flexibility index (Phi) is 13.9. The average molecular weight is 315 g/mol. The van der Waals surface area contributed by atoms with E-state index in [0.717, 1.165) is 13.2 Å². The van der Waals surface area contributed by atoms with Crippen LogP contribution in [0.15, 0.2) is 0 Å². The standard InChI is InChI=1S/C4H8O.C3H7NO2.CCl4/c1-2-4-5-3-1;1-2-6-3(4)5;2-1(3,4)5/h1-4H2;2H2,1H3,(H2,4,5);. The van der Waals surface area contributed by atoms with Gasteiger partial charge in [0.1, 0.15) is 0 Å². The molecule has 1 fully saturated rings. The Morgan fingerprint density at radius 3 is 1.75 bits per heavy atom. The van der Waals surface area contributed by atoms with Gasteiger partial charge in [-0.1, -0.05) is 46.4 Å². The van der Waals surface area contributed by atoms with Gasteiger partial charge in [-0.2, -0.15) is 0 Å². The quantitative estimate of drug-likeness (QED) is 0.754. The molecular weight excluding hydrogens is 300 g/mol. The molecule has 8 heteroatoms. The summed E-state index contributed by atoms with van der Waals surface area (Å²) in [5.41, 5.74) is 4.54. The fourth-order valence-electron chi connectivity index (χ4n) is 0.653. The molecule has 0 radical (unpaired) electrons. The van der Waals surface area contributed by atoms with Crippen LogP contribution in [0.25, 0.3) is 0 Å². The van der Waals surface area contributed by atoms with E-state index < -0.39 is 9.34 Å². The largest absolute Gasteiger partial charge is 0.450 e. The molecule has 0 aromatic carbocycles. The van der Waals surface area contributed by atoms with Gasteiger partial charge in [-0.05, 0) is 19.8 Å². The zero-order valence-corrected chi connectivity index (χ0v) is 11.9. The Morgan fingerprint density at radius 1 is 1.31 bits per heavy atom. The predicted molar refractivity (Wildman–Crippen MR) is 67.4 cm³/mol. The molecule has 0 aliphatic carbocycles. The summed E-state index contributed by atoms with van der Waals surface area (Å²) in [5, 5.41) is 0. The highest BCUT2D eigenvalue weighted by Crippen LogP contribution is 2.29. The summed E-state index contributed by atoms with van der Waals surface area (Å²) in [6, 6.07) is 0. The highest BCUT2D eigenvalue weighted by Gasteiger charge is 2.11. The minimum absolute atomic E-state index is 0.356. The van der Waals surface area contributed by atoms with Gasteiger partial charge in [-0.3, -0.25) is 0 Å². The molecule has 1 aliphatic rings. The van der Waals surface area contributed by atoms with Gasteiger partial charge < -0.3 is 15.2 Å². The Morgan fingerprint density at radius 2 is 1.69 bits per heavy atom. The molecule has 0 atom stereocenters. The summed E-state index contributed by atoms with van der Waals surface area (Å²) in [5.74, 6) is 0. The molecule has 2 N–H and O–H groups in total. The van der Waals surface area contributed by atoms with Gasteiger partial charge in [0.15, 0.2) is 0 Å². The second-order valence-corrected chi connectivity index (χ2v) is 5.93. The van der Waals surface area contributed by atoms with E-state index in [2.05, 4.69) is 10.5 Å². The Labute approximate surface area is 115 Å². The van der Waals surface area contributed by atoms with E-state index in [0.29, 0.717) is 6.61 Å². The molecule has 0 aromatic heterocycles. The Bertz CT molecular complexity index is 158. The van der Waals surface area contributed by atoms with Crippen molar-refractivity contribution in [2.75, 3.05) is 19.8 Å². The second-order valence-electron chi connectivity index (χ2n) is 2.50. The molecule has 1 aliphatic heterocycles. The fourth-order valence-corrected chi connectivity index (χ4v) is 0.653. The minimum Gasteiger partial charge on any atom is -0.450 e. The maximum atomic E-state index is 9.60. The summed E-state index contributed by atoms with van der Waals surface area (Å²) < 4.78 is 7.51. The van der Waals surface area contributed by atoms with Crippen LogP contribution in [0.2, 0.25) is 0 Å².